The van der Waals surface area contributed by atoms with Gasteiger partial charge in [0.15, 0.2) is 0 Å². The fourth-order valence-electron chi connectivity index (χ4n) is 1.73. The van der Waals surface area contributed by atoms with Crippen molar-refractivity contribution in [2.75, 3.05) is 0 Å². The molecule has 2 rings (SSSR count). The summed E-state index contributed by atoms with van der Waals surface area (Å²) in [5.74, 6) is 0.627. The van der Waals surface area contributed by atoms with Crippen LogP contribution in [0.4, 0.5) is 4.39 Å². The van der Waals surface area contributed by atoms with Crippen LogP contribution in [0.15, 0.2) is 48.5 Å². The zero-order valence-electron chi connectivity index (χ0n) is 10.2. The first kappa shape index (κ1) is 13.0. The predicted octanol–water partition coefficient (Wildman–Crippen LogP) is 3.58. The number of hydrogen-bond donors (Lipinski definition) is 0. The topological polar surface area (TPSA) is 17.1 Å². The Morgan fingerprint density at radius 1 is 1.00 bits per heavy atom. The summed E-state index contributed by atoms with van der Waals surface area (Å²) in [6.45, 7) is 2.02. The Labute approximate surface area is 109 Å². The summed E-state index contributed by atoms with van der Waals surface area (Å²) in [7, 11) is -1.00. The molecular weight excluding hydrogens is 247 g/mol. The van der Waals surface area contributed by atoms with Gasteiger partial charge in [0.25, 0.3) is 0 Å². The van der Waals surface area contributed by atoms with Gasteiger partial charge in [0, 0.05) is 22.3 Å². The van der Waals surface area contributed by atoms with E-state index in [9.17, 15) is 8.60 Å². The van der Waals surface area contributed by atoms with Crippen molar-refractivity contribution in [1.82, 2.24) is 0 Å². The first-order valence-electron chi connectivity index (χ1n) is 5.78. The van der Waals surface area contributed by atoms with Crippen LogP contribution in [0.2, 0.25) is 0 Å². The highest BCUT2D eigenvalue weighted by Crippen LogP contribution is 2.11. The molecule has 0 aliphatic rings. The maximum atomic E-state index is 13.0. The van der Waals surface area contributed by atoms with E-state index in [-0.39, 0.29) is 5.82 Å². The zero-order valence-corrected chi connectivity index (χ0v) is 11.0. The summed E-state index contributed by atoms with van der Waals surface area (Å²) in [4.78, 5) is 0. The van der Waals surface area contributed by atoms with E-state index in [0.717, 1.165) is 11.1 Å². The summed E-state index contributed by atoms with van der Waals surface area (Å²) in [5.41, 5.74) is 3.02. The molecule has 0 amide bonds. The number of rotatable bonds is 4. The quantitative estimate of drug-likeness (QED) is 0.823. The Morgan fingerprint density at radius 3 is 2.33 bits per heavy atom. The maximum Gasteiger partial charge on any atom is 0.123 e. The zero-order chi connectivity index (χ0) is 13.0. The maximum absolute atomic E-state index is 13.0. The third-order valence-corrected chi connectivity index (χ3v) is 3.98. The van der Waals surface area contributed by atoms with Gasteiger partial charge in [-0.25, -0.2) is 4.39 Å². The molecule has 2 aromatic carbocycles. The average Bonchev–Trinajstić information content (AvgIpc) is 2.32. The lowest BCUT2D eigenvalue weighted by molar-refractivity contribution is 0.626. The van der Waals surface area contributed by atoms with Crippen molar-refractivity contribution in [3.63, 3.8) is 0 Å². The molecule has 94 valence electrons. The Balaban J connectivity index is 1.98. The third-order valence-electron chi connectivity index (χ3n) is 2.66. The second-order valence-electron chi connectivity index (χ2n) is 4.34. The molecule has 0 saturated carbocycles. The minimum Gasteiger partial charge on any atom is -0.259 e. The smallest absolute Gasteiger partial charge is 0.123 e. The van der Waals surface area contributed by atoms with Gasteiger partial charge in [-0.05, 0) is 30.2 Å². The molecule has 0 N–H and O–H groups in total. The Bertz CT molecular complexity index is 549. The largest absolute Gasteiger partial charge is 0.259 e. The lowest BCUT2D eigenvalue weighted by atomic mass is 10.2. The number of hydrogen-bond acceptors (Lipinski definition) is 1. The van der Waals surface area contributed by atoms with E-state index >= 15 is 0 Å². The summed E-state index contributed by atoms with van der Waals surface area (Å²) in [6, 6.07) is 14.3. The monoisotopic (exact) mass is 262 g/mol. The Kier molecular flexibility index (Phi) is 4.26. The number of halogens is 1. The van der Waals surface area contributed by atoms with Crippen molar-refractivity contribution in [3.8, 4) is 0 Å². The van der Waals surface area contributed by atoms with Crippen LogP contribution in [0.1, 0.15) is 16.7 Å². The van der Waals surface area contributed by atoms with Crippen molar-refractivity contribution in [2.45, 2.75) is 18.4 Å². The molecule has 0 bridgehead atoms. The third kappa shape index (κ3) is 3.77. The highest BCUT2D eigenvalue weighted by atomic mass is 32.2. The van der Waals surface area contributed by atoms with Gasteiger partial charge in [-0.1, -0.05) is 42.0 Å². The summed E-state index contributed by atoms with van der Waals surface area (Å²) in [5, 5.41) is 0. The van der Waals surface area contributed by atoms with E-state index in [4.69, 9.17) is 0 Å². The fourth-order valence-corrected chi connectivity index (χ4v) is 2.95. The standard InChI is InChI=1S/C15H15FOS/c1-12-5-7-13(8-6-12)10-18(17)11-14-3-2-4-15(16)9-14/h2-9H,10-11H2,1H3/t18-/m1/s1. The average molecular weight is 262 g/mol. The van der Waals surface area contributed by atoms with Gasteiger partial charge < -0.3 is 0 Å². The van der Waals surface area contributed by atoms with Crippen LogP contribution in [-0.4, -0.2) is 4.21 Å². The predicted molar refractivity (Wildman–Crippen MR) is 73.1 cm³/mol. The van der Waals surface area contributed by atoms with Crippen molar-refractivity contribution < 1.29 is 8.60 Å². The van der Waals surface area contributed by atoms with E-state index in [1.807, 2.05) is 31.2 Å². The van der Waals surface area contributed by atoms with Crippen molar-refractivity contribution in [3.05, 3.63) is 71.0 Å². The highest BCUT2D eigenvalue weighted by Gasteiger charge is 2.04. The van der Waals surface area contributed by atoms with Gasteiger partial charge in [0.1, 0.15) is 5.82 Å². The second-order valence-corrected chi connectivity index (χ2v) is 5.80. The highest BCUT2D eigenvalue weighted by molar-refractivity contribution is 7.83. The van der Waals surface area contributed by atoms with Gasteiger partial charge in [0.2, 0.25) is 0 Å². The first-order valence-corrected chi connectivity index (χ1v) is 7.27. The molecule has 1 nitrogen and oxygen atoms in total. The normalized spacial score (nSPS) is 12.3. The SMILES string of the molecule is Cc1ccc(C[S@@](=O)Cc2cccc(F)c2)cc1. The lowest BCUT2D eigenvalue weighted by Gasteiger charge is -2.04. The van der Waals surface area contributed by atoms with E-state index < -0.39 is 10.8 Å². The fraction of sp³-hybridized carbons (Fsp3) is 0.200. The molecule has 2 aromatic rings. The number of benzene rings is 2. The molecule has 0 heterocycles. The molecule has 0 aliphatic heterocycles. The molecular formula is C15H15FOS. The molecule has 0 spiro atoms. The number of aryl methyl sites for hydroxylation is 1. The Morgan fingerprint density at radius 2 is 1.67 bits per heavy atom. The van der Waals surface area contributed by atoms with Crippen LogP contribution in [0, 0.1) is 12.7 Å². The van der Waals surface area contributed by atoms with Crippen molar-refractivity contribution in [1.29, 1.82) is 0 Å². The molecule has 0 aromatic heterocycles. The minimum absolute atomic E-state index is 0.278. The Hall–Kier alpha value is -1.48. The van der Waals surface area contributed by atoms with Crippen LogP contribution in [-0.2, 0) is 22.3 Å². The van der Waals surface area contributed by atoms with E-state index in [1.165, 1.54) is 17.7 Å². The molecule has 0 saturated heterocycles. The van der Waals surface area contributed by atoms with Crippen LogP contribution in [0.3, 0.4) is 0 Å². The molecule has 3 heteroatoms. The second kappa shape index (κ2) is 5.91. The molecule has 0 radical (unpaired) electrons. The van der Waals surface area contributed by atoms with Crippen molar-refractivity contribution in [2.24, 2.45) is 0 Å². The van der Waals surface area contributed by atoms with Crippen molar-refractivity contribution >= 4 is 10.8 Å². The van der Waals surface area contributed by atoms with Crippen LogP contribution < -0.4 is 0 Å². The van der Waals surface area contributed by atoms with Crippen LogP contribution in [0.25, 0.3) is 0 Å². The van der Waals surface area contributed by atoms with E-state index in [2.05, 4.69) is 0 Å². The van der Waals surface area contributed by atoms with Gasteiger partial charge in [-0.2, -0.15) is 0 Å². The first-order chi connectivity index (χ1) is 8.63. The van der Waals surface area contributed by atoms with Gasteiger partial charge in [0.05, 0.1) is 0 Å². The van der Waals surface area contributed by atoms with Crippen LogP contribution in [0.5, 0.6) is 0 Å². The molecule has 1 atom stereocenters. The molecule has 0 aliphatic carbocycles. The summed E-state index contributed by atoms with van der Waals surface area (Å²) < 4.78 is 25.0. The molecule has 0 unspecified atom stereocenters. The van der Waals surface area contributed by atoms with Gasteiger partial charge in [-0.3, -0.25) is 4.21 Å². The molecule has 0 fully saturated rings. The van der Waals surface area contributed by atoms with E-state index in [1.54, 1.807) is 12.1 Å². The van der Waals surface area contributed by atoms with Gasteiger partial charge in [-0.15, -0.1) is 0 Å². The summed E-state index contributed by atoms with van der Waals surface area (Å²) in [6.07, 6.45) is 0. The van der Waals surface area contributed by atoms with Crippen LogP contribution >= 0.6 is 0 Å². The minimum atomic E-state index is -1.00. The summed E-state index contributed by atoms with van der Waals surface area (Å²) >= 11 is 0. The lowest BCUT2D eigenvalue weighted by Crippen LogP contribution is -1.99. The van der Waals surface area contributed by atoms with E-state index in [0.29, 0.717) is 11.5 Å². The van der Waals surface area contributed by atoms with Gasteiger partial charge >= 0.3 is 0 Å². The molecule has 18 heavy (non-hydrogen) atoms.